The summed E-state index contributed by atoms with van der Waals surface area (Å²) in [5.74, 6) is 0.0986. The van der Waals surface area contributed by atoms with Crippen molar-refractivity contribution >= 4 is 50.3 Å². The Morgan fingerprint density at radius 1 is 1.04 bits per heavy atom. The molecule has 0 N–H and O–H groups in total. The average Bonchev–Trinajstić information content (AvgIpc) is 2.59. The van der Waals surface area contributed by atoms with Crippen molar-refractivity contribution in [2.24, 2.45) is 0 Å². The summed E-state index contributed by atoms with van der Waals surface area (Å²) in [6.45, 7) is -0.328. The number of ketones is 1. The molecule has 2 aromatic rings. The molecule has 2 rings (SSSR count). The van der Waals surface area contributed by atoms with Crippen LogP contribution in [0.3, 0.4) is 0 Å². The van der Waals surface area contributed by atoms with Gasteiger partial charge in [0.05, 0.1) is 23.4 Å². The molecule has 0 aromatic heterocycles. The van der Waals surface area contributed by atoms with Gasteiger partial charge in [0.2, 0.25) is 0 Å². The summed E-state index contributed by atoms with van der Waals surface area (Å²) in [6, 6.07) is 9.98. The summed E-state index contributed by atoms with van der Waals surface area (Å²) in [4.78, 5) is 24.2. The summed E-state index contributed by atoms with van der Waals surface area (Å²) in [5, 5.41) is 0. The highest BCUT2D eigenvalue weighted by Crippen LogP contribution is 2.33. The summed E-state index contributed by atoms with van der Waals surface area (Å²) in [6.07, 6.45) is 0. The molecular weight excluding hydrogens is 491 g/mol. The molecular formula is C17H14BrIO5. The Morgan fingerprint density at radius 2 is 1.71 bits per heavy atom. The van der Waals surface area contributed by atoms with Crippen molar-refractivity contribution in [3.05, 3.63) is 55.6 Å². The number of rotatable bonds is 6. The van der Waals surface area contributed by atoms with Gasteiger partial charge in [-0.25, -0.2) is 4.79 Å². The van der Waals surface area contributed by atoms with E-state index >= 15 is 0 Å². The van der Waals surface area contributed by atoms with E-state index in [4.69, 9.17) is 14.2 Å². The molecule has 0 amide bonds. The predicted molar refractivity (Wildman–Crippen MR) is 101 cm³/mol. The lowest BCUT2D eigenvalue weighted by Gasteiger charge is -2.11. The second-order valence-corrected chi connectivity index (χ2v) is 6.78. The molecule has 0 saturated heterocycles. The Kier molecular flexibility index (Phi) is 6.61. The van der Waals surface area contributed by atoms with Crippen molar-refractivity contribution in [2.75, 3.05) is 20.8 Å². The van der Waals surface area contributed by atoms with E-state index in [1.54, 1.807) is 30.3 Å². The average molecular weight is 505 g/mol. The molecule has 0 heterocycles. The van der Waals surface area contributed by atoms with Crippen LogP contribution in [-0.2, 0) is 4.74 Å². The van der Waals surface area contributed by atoms with E-state index in [0.29, 0.717) is 26.2 Å². The van der Waals surface area contributed by atoms with Gasteiger partial charge < -0.3 is 14.2 Å². The number of methoxy groups -OCH3 is 2. The van der Waals surface area contributed by atoms with Gasteiger partial charge in [0.25, 0.3) is 0 Å². The molecule has 0 fully saturated rings. The van der Waals surface area contributed by atoms with Gasteiger partial charge in [-0.3, -0.25) is 4.79 Å². The van der Waals surface area contributed by atoms with Gasteiger partial charge in [-0.15, -0.1) is 0 Å². The van der Waals surface area contributed by atoms with Crippen LogP contribution >= 0.6 is 38.5 Å². The number of hydrogen-bond donors (Lipinski definition) is 0. The number of carbonyl (C=O) groups excluding carboxylic acids is 2. The third-order valence-electron chi connectivity index (χ3n) is 3.17. The van der Waals surface area contributed by atoms with Crippen molar-refractivity contribution in [3.8, 4) is 11.5 Å². The van der Waals surface area contributed by atoms with Gasteiger partial charge in [0, 0.05) is 10.0 Å². The smallest absolute Gasteiger partial charge is 0.338 e. The number of benzene rings is 2. The van der Waals surface area contributed by atoms with Crippen LogP contribution in [0.15, 0.2) is 40.9 Å². The van der Waals surface area contributed by atoms with Crippen LogP contribution in [-0.4, -0.2) is 32.6 Å². The van der Waals surface area contributed by atoms with E-state index in [-0.39, 0.29) is 12.4 Å². The highest BCUT2D eigenvalue weighted by molar-refractivity contribution is 14.1. The van der Waals surface area contributed by atoms with Crippen molar-refractivity contribution in [2.45, 2.75) is 0 Å². The van der Waals surface area contributed by atoms with Crippen LogP contribution in [0.5, 0.6) is 11.5 Å². The number of carbonyl (C=O) groups is 2. The third-order valence-corrected chi connectivity index (χ3v) is 4.50. The Hall–Kier alpha value is -1.61. The Balaban J connectivity index is 2.08. The monoisotopic (exact) mass is 504 g/mol. The van der Waals surface area contributed by atoms with Crippen molar-refractivity contribution < 1.29 is 23.8 Å². The lowest BCUT2D eigenvalue weighted by atomic mass is 10.1. The van der Waals surface area contributed by atoms with E-state index in [0.717, 1.165) is 4.47 Å². The predicted octanol–water partition coefficient (Wildman–Crippen LogP) is 4.11. The van der Waals surface area contributed by atoms with Crippen molar-refractivity contribution in [1.82, 2.24) is 0 Å². The zero-order chi connectivity index (χ0) is 17.7. The normalized spacial score (nSPS) is 10.2. The lowest BCUT2D eigenvalue weighted by molar-refractivity contribution is 0.0474. The molecule has 7 heteroatoms. The van der Waals surface area contributed by atoms with Crippen molar-refractivity contribution in [1.29, 1.82) is 0 Å². The second-order valence-electron chi connectivity index (χ2n) is 4.70. The highest BCUT2D eigenvalue weighted by atomic mass is 127. The number of Topliss-reactive ketones (excluding diaryl/α,β-unsaturated/α-hetero) is 1. The minimum absolute atomic E-state index is 0.272. The van der Waals surface area contributed by atoms with Gasteiger partial charge in [0.15, 0.2) is 23.9 Å². The molecule has 2 aromatic carbocycles. The van der Waals surface area contributed by atoms with Gasteiger partial charge in [-0.2, -0.15) is 0 Å². The van der Waals surface area contributed by atoms with E-state index in [1.165, 1.54) is 20.3 Å². The largest absolute Gasteiger partial charge is 0.493 e. The number of halogens is 2. The molecule has 0 unspecified atom stereocenters. The summed E-state index contributed by atoms with van der Waals surface area (Å²) in [5.41, 5.74) is 0.772. The summed E-state index contributed by atoms with van der Waals surface area (Å²) in [7, 11) is 3.01. The molecule has 0 saturated carbocycles. The number of ether oxygens (including phenoxy) is 3. The number of esters is 1. The summed E-state index contributed by atoms with van der Waals surface area (Å²) >= 11 is 5.34. The van der Waals surface area contributed by atoms with Crippen LogP contribution in [0.2, 0.25) is 0 Å². The Bertz CT molecular complexity index is 758. The third kappa shape index (κ3) is 4.47. The van der Waals surface area contributed by atoms with E-state index in [9.17, 15) is 9.59 Å². The maximum absolute atomic E-state index is 12.2. The Labute approximate surface area is 161 Å². The minimum Gasteiger partial charge on any atom is -0.493 e. The maximum atomic E-state index is 12.2. The van der Waals surface area contributed by atoms with Crippen LogP contribution in [0, 0.1) is 3.57 Å². The quantitative estimate of drug-likeness (QED) is 0.336. The molecule has 0 radical (unpaired) electrons. The fourth-order valence-electron chi connectivity index (χ4n) is 1.97. The minimum atomic E-state index is -0.598. The summed E-state index contributed by atoms with van der Waals surface area (Å²) < 4.78 is 17.1. The van der Waals surface area contributed by atoms with Crippen LogP contribution < -0.4 is 9.47 Å². The first-order valence-electron chi connectivity index (χ1n) is 6.83. The highest BCUT2D eigenvalue weighted by Gasteiger charge is 2.17. The molecule has 126 valence electrons. The maximum Gasteiger partial charge on any atom is 0.338 e. The zero-order valence-electron chi connectivity index (χ0n) is 13.0. The molecule has 0 bridgehead atoms. The first kappa shape index (κ1) is 18.7. The van der Waals surface area contributed by atoms with Gasteiger partial charge >= 0.3 is 5.97 Å². The first-order valence-corrected chi connectivity index (χ1v) is 8.71. The lowest BCUT2D eigenvalue weighted by Crippen LogP contribution is -2.14. The topological polar surface area (TPSA) is 61.8 Å². The van der Waals surface area contributed by atoms with Gasteiger partial charge in [-0.05, 0) is 46.9 Å². The van der Waals surface area contributed by atoms with Crippen molar-refractivity contribution in [3.63, 3.8) is 0 Å². The molecule has 0 aliphatic rings. The molecule has 5 nitrogen and oxygen atoms in total. The molecule has 0 spiro atoms. The first-order chi connectivity index (χ1) is 11.5. The van der Waals surface area contributed by atoms with Gasteiger partial charge in [0.1, 0.15) is 0 Å². The zero-order valence-corrected chi connectivity index (χ0v) is 16.7. The Morgan fingerprint density at radius 3 is 2.29 bits per heavy atom. The molecule has 0 aliphatic carbocycles. The molecule has 24 heavy (non-hydrogen) atoms. The van der Waals surface area contributed by atoms with E-state index in [2.05, 4.69) is 15.9 Å². The molecule has 0 atom stereocenters. The van der Waals surface area contributed by atoms with E-state index in [1.807, 2.05) is 22.6 Å². The van der Waals surface area contributed by atoms with E-state index < -0.39 is 5.97 Å². The fourth-order valence-corrected chi connectivity index (χ4v) is 3.06. The van der Waals surface area contributed by atoms with Crippen LogP contribution in [0.25, 0.3) is 0 Å². The SMILES string of the molecule is COc1cc(C(=O)OCC(=O)c2ccc(Br)cc2)cc(I)c1OC. The van der Waals surface area contributed by atoms with Gasteiger partial charge in [-0.1, -0.05) is 28.1 Å². The standard InChI is InChI=1S/C17H14BrIO5/c1-22-15-8-11(7-13(19)16(15)23-2)17(21)24-9-14(20)10-3-5-12(18)6-4-10/h3-8H,9H2,1-2H3. The number of hydrogen-bond acceptors (Lipinski definition) is 5. The molecule has 0 aliphatic heterocycles. The fraction of sp³-hybridized carbons (Fsp3) is 0.176. The van der Waals surface area contributed by atoms with Crippen LogP contribution in [0.1, 0.15) is 20.7 Å². The van der Waals surface area contributed by atoms with Crippen LogP contribution in [0.4, 0.5) is 0 Å². The second kappa shape index (κ2) is 8.48.